The van der Waals surface area contributed by atoms with Crippen LogP contribution in [0.4, 0.5) is 14.5 Å². The van der Waals surface area contributed by atoms with Gasteiger partial charge in [0.2, 0.25) is 5.60 Å². The summed E-state index contributed by atoms with van der Waals surface area (Å²) in [7, 11) is -1.48. The predicted molar refractivity (Wildman–Crippen MR) is 110 cm³/mol. The van der Waals surface area contributed by atoms with Gasteiger partial charge in [-0.15, -0.1) is 0 Å². The maximum atomic E-state index is 13.3. The van der Waals surface area contributed by atoms with Gasteiger partial charge in [-0.3, -0.25) is 9.59 Å². The Bertz CT molecular complexity index is 924. The van der Waals surface area contributed by atoms with E-state index in [1.807, 2.05) is 24.3 Å². The monoisotopic (exact) mass is 418 g/mol. The van der Waals surface area contributed by atoms with Crippen LogP contribution in [0, 0.1) is 11.6 Å². The van der Waals surface area contributed by atoms with Crippen molar-refractivity contribution >= 4 is 30.8 Å². The summed E-state index contributed by atoms with van der Waals surface area (Å²) < 4.78 is 26.5. The Kier molecular flexibility index (Phi) is 5.60. The van der Waals surface area contributed by atoms with Crippen molar-refractivity contribution in [3.8, 4) is 0 Å². The van der Waals surface area contributed by atoms with Crippen LogP contribution in [0.25, 0.3) is 0 Å². The first kappa shape index (κ1) is 21.1. The van der Waals surface area contributed by atoms with Crippen molar-refractivity contribution in [2.75, 3.05) is 11.4 Å². The van der Waals surface area contributed by atoms with Gasteiger partial charge in [0, 0.05) is 31.3 Å². The number of amides is 2. The van der Waals surface area contributed by atoms with E-state index in [9.17, 15) is 23.5 Å². The minimum Gasteiger partial charge on any atom is -0.372 e. The maximum absolute atomic E-state index is 13.3. The van der Waals surface area contributed by atoms with Crippen LogP contribution < -0.4 is 15.4 Å². The van der Waals surface area contributed by atoms with E-state index in [1.165, 1.54) is 10.1 Å². The highest BCUT2D eigenvalue weighted by Crippen LogP contribution is 2.28. The fraction of sp³-hybridized carbons (Fsp3) is 0.333. The number of nitrogens with one attached hydrogen (secondary N) is 1. The molecule has 0 aromatic heterocycles. The molecular formula is C21H24F2N2O3Si. The molecule has 0 saturated carbocycles. The van der Waals surface area contributed by atoms with Crippen molar-refractivity contribution in [1.82, 2.24) is 5.32 Å². The summed E-state index contributed by atoms with van der Waals surface area (Å²) in [4.78, 5) is 26.7. The number of carbonyl (C=O) groups is 2. The third-order valence-corrected chi connectivity index (χ3v) is 7.16. The Balaban J connectivity index is 1.70. The maximum Gasteiger partial charge on any atom is 0.268 e. The molecule has 1 aliphatic rings. The third-order valence-electron chi connectivity index (χ3n) is 5.09. The first-order valence-corrected chi connectivity index (χ1v) is 12.9. The second-order valence-electron chi connectivity index (χ2n) is 8.32. The fourth-order valence-corrected chi connectivity index (χ4v) is 4.51. The van der Waals surface area contributed by atoms with E-state index < -0.39 is 37.1 Å². The highest BCUT2D eigenvalue weighted by molar-refractivity contribution is 6.88. The number of hydrogen-bond donors (Lipinski definition) is 2. The zero-order valence-corrected chi connectivity index (χ0v) is 17.6. The molecule has 1 atom stereocenters. The second-order valence-corrected chi connectivity index (χ2v) is 13.4. The number of benzene rings is 2. The van der Waals surface area contributed by atoms with Crippen LogP contribution in [0.5, 0.6) is 0 Å². The average Bonchev–Trinajstić information content (AvgIpc) is 2.94. The van der Waals surface area contributed by atoms with E-state index in [0.717, 1.165) is 18.2 Å². The van der Waals surface area contributed by atoms with Gasteiger partial charge in [0.25, 0.3) is 11.8 Å². The van der Waals surface area contributed by atoms with Crippen LogP contribution in [0.3, 0.4) is 0 Å². The Hall–Kier alpha value is -2.58. The van der Waals surface area contributed by atoms with Crippen molar-refractivity contribution < 1.29 is 23.5 Å². The normalized spacial score (nSPS) is 19.5. The molecular weight excluding hydrogens is 394 g/mol. The van der Waals surface area contributed by atoms with Gasteiger partial charge in [-0.05, 0) is 29.8 Å². The molecule has 0 spiro atoms. The Labute approximate surface area is 169 Å². The predicted octanol–water partition coefficient (Wildman–Crippen LogP) is 2.29. The van der Waals surface area contributed by atoms with Crippen LogP contribution in [0.2, 0.25) is 19.6 Å². The summed E-state index contributed by atoms with van der Waals surface area (Å²) in [6, 6.07) is 10.5. The number of rotatable bonds is 5. The molecule has 0 unspecified atom stereocenters. The largest absolute Gasteiger partial charge is 0.372 e. The molecule has 5 nitrogen and oxygen atoms in total. The Morgan fingerprint density at radius 3 is 2.28 bits per heavy atom. The molecule has 2 aromatic rings. The van der Waals surface area contributed by atoms with E-state index in [-0.39, 0.29) is 25.1 Å². The van der Waals surface area contributed by atoms with Crippen molar-refractivity contribution in [3.05, 3.63) is 59.7 Å². The number of nitrogens with zero attached hydrogens (tertiary/aromatic N) is 1. The molecule has 154 valence electrons. The van der Waals surface area contributed by atoms with Gasteiger partial charge < -0.3 is 15.3 Å². The topological polar surface area (TPSA) is 69.6 Å². The second kappa shape index (κ2) is 7.68. The quantitative estimate of drug-likeness (QED) is 0.578. The van der Waals surface area contributed by atoms with E-state index in [1.54, 1.807) is 0 Å². The number of halogens is 2. The summed E-state index contributed by atoms with van der Waals surface area (Å²) in [5.41, 5.74) is -1.39. The summed E-state index contributed by atoms with van der Waals surface area (Å²) in [5, 5.41) is 14.3. The van der Waals surface area contributed by atoms with Gasteiger partial charge in [0.15, 0.2) is 0 Å². The van der Waals surface area contributed by atoms with E-state index >= 15 is 0 Å². The van der Waals surface area contributed by atoms with Gasteiger partial charge in [-0.1, -0.05) is 37.0 Å². The van der Waals surface area contributed by atoms with Crippen molar-refractivity contribution in [2.45, 2.75) is 38.2 Å². The average molecular weight is 419 g/mol. The van der Waals surface area contributed by atoms with Crippen LogP contribution in [0.1, 0.15) is 12.0 Å². The minimum atomic E-state index is -2.21. The number of hydrogen-bond acceptors (Lipinski definition) is 3. The molecule has 2 amide bonds. The molecule has 1 heterocycles. The number of carbonyl (C=O) groups excluding carboxylic acids is 2. The van der Waals surface area contributed by atoms with Gasteiger partial charge in [-0.2, -0.15) is 0 Å². The Morgan fingerprint density at radius 2 is 1.72 bits per heavy atom. The highest BCUT2D eigenvalue weighted by atomic mass is 28.3. The van der Waals surface area contributed by atoms with Crippen molar-refractivity contribution in [2.24, 2.45) is 0 Å². The lowest BCUT2D eigenvalue weighted by Crippen LogP contribution is -2.52. The van der Waals surface area contributed by atoms with Crippen LogP contribution >= 0.6 is 0 Å². The molecule has 1 fully saturated rings. The lowest BCUT2D eigenvalue weighted by Gasteiger charge is -2.23. The summed E-state index contributed by atoms with van der Waals surface area (Å²) >= 11 is 0. The first-order chi connectivity index (χ1) is 13.5. The van der Waals surface area contributed by atoms with Gasteiger partial charge >= 0.3 is 0 Å². The number of aliphatic hydroxyl groups is 1. The zero-order valence-electron chi connectivity index (χ0n) is 16.6. The van der Waals surface area contributed by atoms with Gasteiger partial charge in [-0.25, -0.2) is 8.78 Å². The molecule has 2 N–H and O–H groups in total. The lowest BCUT2D eigenvalue weighted by atomic mass is 10.0. The van der Waals surface area contributed by atoms with Crippen molar-refractivity contribution in [1.29, 1.82) is 0 Å². The Morgan fingerprint density at radius 1 is 1.14 bits per heavy atom. The lowest BCUT2D eigenvalue weighted by molar-refractivity contribution is -0.149. The van der Waals surface area contributed by atoms with Crippen LogP contribution in [0.15, 0.2) is 42.5 Å². The molecule has 1 saturated heterocycles. The summed E-state index contributed by atoms with van der Waals surface area (Å²) in [6.45, 7) is 6.65. The first-order valence-electron chi connectivity index (χ1n) is 9.39. The molecule has 8 heteroatoms. The highest BCUT2D eigenvalue weighted by Gasteiger charge is 2.51. The van der Waals surface area contributed by atoms with E-state index in [0.29, 0.717) is 5.69 Å². The van der Waals surface area contributed by atoms with Gasteiger partial charge in [0.05, 0.1) is 8.07 Å². The number of anilines is 1. The molecule has 0 aliphatic carbocycles. The molecule has 0 bridgehead atoms. The minimum absolute atomic E-state index is 0.0645. The molecule has 0 radical (unpaired) electrons. The molecule has 29 heavy (non-hydrogen) atoms. The SMILES string of the molecule is C[Si](C)(C)c1ccc(N2CC[C@](O)(C(=O)NCc3cc(F)cc(F)c3)C2=O)cc1. The van der Waals surface area contributed by atoms with E-state index in [4.69, 9.17) is 0 Å². The van der Waals surface area contributed by atoms with Gasteiger partial charge in [0.1, 0.15) is 11.6 Å². The third kappa shape index (κ3) is 4.38. The zero-order chi connectivity index (χ0) is 21.4. The molecule has 2 aromatic carbocycles. The summed E-state index contributed by atoms with van der Waals surface area (Å²) in [5.74, 6) is -3.12. The molecule has 1 aliphatic heterocycles. The van der Waals surface area contributed by atoms with E-state index in [2.05, 4.69) is 25.0 Å². The molecule has 3 rings (SSSR count). The van der Waals surface area contributed by atoms with Crippen molar-refractivity contribution in [3.63, 3.8) is 0 Å². The standard InChI is InChI=1S/C21H24F2N2O3Si/c1-29(2,3)18-6-4-17(5-7-18)25-9-8-21(28,20(25)27)19(26)24-13-14-10-15(22)12-16(23)11-14/h4-7,10-12,28H,8-9,13H2,1-3H3,(H,24,26)/t21-/m0/s1. The van der Waals surface area contributed by atoms with Crippen LogP contribution in [-0.2, 0) is 16.1 Å². The summed E-state index contributed by atoms with van der Waals surface area (Å²) in [6.07, 6.45) is -0.0645. The van der Waals surface area contributed by atoms with Crippen LogP contribution in [-0.4, -0.2) is 37.1 Å². The fourth-order valence-electron chi connectivity index (χ4n) is 3.35. The smallest absolute Gasteiger partial charge is 0.268 e.